The van der Waals surface area contributed by atoms with Crippen LogP contribution in [0, 0.1) is 0 Å². The number of aliphatic hydroxyl groups is 1. The van der Waals surface area contributed by atoms with Crippen molar-refractivity contribution in [3.8, 4) is 16.9 Å². The molecular formula is C16H15N5O3. The minimum Gasteiger partial charge on any atom is -0.476 e. The van der Waals surface area contributed by atoms with E-state index in [9.17, 15) is 15.0 Å². The number of hydrogen-bond donors (Lipinski definition) is 2. The fourth-order valence-electron chi connectivity index (χ4n) is 3.13. The highest BCUT2D eigenvalue weighted by Crippen LogP contribution is 2.34. The second-order valence-electron chi connectivity index (χ2n) is 5.62. The van der Waals surface area contributed by atoms with Crippen LogP contribution in [0.25, 0.3) is 16.9 Å². The Balaban J connectivity index is 2.07. The van der Waals surface area contributed by atoms with Crippen molar-refractivity contribution in [1.82, 2.24) is 24.5 Å². The number of aromatic carboxylic acids is 1. The lowest BCUT2D eigenvalue weighted by atomic mass is 10.0. The number of nitrogens with zero attached hydrogens (tertiary/aromatic N) is 5. The highest BCUT2D eigenvalue weighted by Gasteiger charge is 2.27. The maximum atomic E-state index is 11.5. The Morgan fingerprint density at radius 3 is 2.92 bits per heavy atom. The molecule has 2 aromatic heterocycles. The first-order chi connectivity index (χ1) is 11.6. The monoisotopic (exact) mass is 325 g/mol. The third-order valence-corrected chi connectivity index (χ3v) is 4.27. The van der Waals surface area contributed by atoms with Crippen LogP contribution >= 0.6 is 0 Å². The van der Waals surface area contributed by atoms with Gasteiger partial charge in [-0.3, -0.25) is 4.57 Å². The Bertz CT molecular complexity index is 957. The Morgan fingerprint density at radius 2 is 2.21 bits per heavy atom. The zero-order valence-corrected chi connectivity index (χ0v) is 13.0. The Morgan fingerprint density at radius 1 is 1.38 bits per heavy atom. The van der Waals surface area contributed by atoms with Crippen LogP contribution in [0.2, 0.25) is 0 Å². The molecule has 0 amide bonds. The predicted octanol–water partition coefficient (Wildman–Crippen LogP) is 1.25. The summed E-state index contributed by atoms with van der Waals surface area (Å²) in [5.41, 5.74) is 4.67. The molecule has 24 heavy (non-hydrogen) atoms. The number of aryl methyl sites for hydroxylation is 1. The number of fused-ring (bicyclic) bond motifs is 5. The summed E-state index contributed by atoms with van der Waals surface area (Å²) in [7, 11) is 0. The maximum Gasteiger partial charge on any atom is 0.356 e. The van der Waals surface area contributed by atoms with E-state index < -0.39 is 5.97 Å². The summed E-state index contributed by atoms with van der Waals surface area (Å²) >= 11 is 0. The minimum atomic E-state index is -1.07. The average molecular weight is 325 g/mol. The summed E-state index contributed by atoms with van der Waals surface area (Å²) in [4.78, 5) is 15.5. The van der Waals surface area contributed by atoms with Crippen molar-refractivity contribution >= 4 is 5.97 Å². The topological polar surface area (TPSA) is 106 Å². The fourth-order valence-corrected chi connectivity index (χ4v) is 3.13. The molecule has 0 saturated carbocycles. The molecule has 0 fully saturated rings. The normalized spacial score (nSPS) is 12.2. The highest BCUT2D eigenvalue weighted by molar-refractivity contribution is 5.87. The van der Waals surface area contributed by atoms with E-state index in [1.54, 1.807) is 9.25 Å². The molecule has 8 nitrogen and oxygen atoms in total. The number of hydrogen-bond acceptors (Lipinski definition) is 5. The van der Waals surface area contributed by atoms with E-state index in [4.69, 9.17) is 0 Å². The standard InChI is InChI=1S/C16H15N5O3/c1-2-11-15-10-5-9(7-22)3-4-12(10)20-8-17-14(16(23)24)13(20)6-21(15)19-18-11/h3-5,8,22H,2,6-7H2,1H3,(H,23,24). The molecule has 122 valence electrons. The summed E-state index contributed by atoms with van der Waals surface area (Å²) in [6.45, 7) is 2.19. The number of rotatable bonds is 3. The van der Waals surface area contributed by atoms with E-state index >= 15 is 0 Å². The SMILES string of the molecule is CCc1nnn2c1-c1cc(CO)ccc1-n1cnc(C(=O)O)c1C2. The van der Waals surface area contributed by atoms with Gasteiger partial charge in [-0.2, -0.15) is 0 Å². The first-order valence-electron chi connectivity index (χ1n) is 7.60. The van der Waals surface area contributed by atoms with Crippen LogP contribution in [-0.2, 0) is 19.6 Å². The lowest BCUT2D eigenvalue weighted by Crippen LogP contribution is -2.10. The number of benzene rings is 1. The molecule has 0 spiro atoms. The molecule has 0 saturated heterocycles. The molecule has 8 heteroatoms. The first kappa shape index (κ1) is 14.6. The van der Waals surface area contributed by atoms with Crippen molar-refractivity contribution in [2.24, 2.45) is 0 Å². The van der Waals surface area contributed by atoms with Gasteiger partial charge in [-0.1, -0.05) is 18.2 Å². The van der Waals surface area contributed by atoms with Gasteiger partial charge < -0.3 is 10.2 Å². The van der Waals surface area contributed by atoms with Crippen molar-refractivity contribution in [3.05, 3.63) is 47.2 Å². The van der Waals surface area contributed by atoms with E-state index in [-0.39, 0.29) is 18.8 Å². The second-order valence-corrected chi connectivity index (χ2v) is 5.62. The van der Waals surface area contributed by atoms with E-state index in [2.05, 4.69) is 15.3 Å². The van der Waals surface area contributed by atoms with Gasteiger partial charge in [0.05, 0.1) is 35.9 Å². The maximum absolute atomic E-state index is 11.5. The van der Waals surface area contributed by atoms with Gasteiger partial charge >= 0.3 is 5.97 Å². The smallest absolute Gasteiger partial charge is 0.356 e. The molecule has 0 aliphatic carbocycles. The summed E-state index contributed by atoms with van der Waals surface area (Å²) in [5.74, 6) is -1.07. The highest BCUT2D eigenvalue weighted by atomic mass is 16.4. The summed E-state index contributed by atoms with van der Waals surface area (Å²) in [6.07, 6.45) is 2.22. The number of carboxylic acids is 1. The Hall–Kier alpha value is -3.00. The van der Waals surface area contributed by atoms with Crippen LogP contribution in [0.4, 0.5) is 0 Å². The van der Waals surface area contributed by atoms with Crippen molar-refractivity contribution in [2.75, 3.05) is 0 Å². The van der Waals surface area contributed by atoms with Crippen molar-refractivity contribution in [1.29, 1.82) is 0 Å². The number of aromatic nitrogens is 5. The van der Waals surface area contributed by atoms with E-state index in [1.165, 1.54) is 6.33 Å². The molecule has 2 N–H and O–H groups in total. The fraction of sp³-hybridized carbons (Fsp3) is 0.250. The van der Waals surface area contributed by atoms with E-state index in [1.807, 2.05) is 25.1 Å². The van der Waals surface area contributed by atoms with Gasteiger partial charge in [-0.25, -0.2) is 14.5 Å². The van der Waals surface area contributed by atoms with Crippen LogP contribution in [0.15, 0.2) is 24.5 Å². The largest absolute Gasteiger partial charge is 0.476 e. The van der Waals surface area contributed by atoms with Crippen LogP contribution in [-0.4, -0.2) is 40.7 Å². The molecule has 0 radical (unpaired) electrons. The number of imidazole rings is 1. The molecule has 0 bridgehead atoms. The third-order valence-electron chi connectivity index (χ3n) is 4.27. The zero-order chi connectivity index (χ0) is 16.8. The van der Waals surface area contributed by atoms with Gasteiger partial charge in [0.1, 0.15) is 6.33 Å². The zero-order valence-electron chi connectivity index (χ0n) is 13.0. The van der Waals surface area contributed by atoms with Gasteiger partial charge in [-0.15, -0.1) is 5.10 Å². The van der Waals surface area contributed by atoms with Gasteiger partial charge in [0.25, 0.3) is 0 Å². The van der Waals surface area contributed by atoms with Crippen LogP contribution < -0.4 is 0 Å². The van der Waals surface area contributed by atoms with Crippen LogP contribution in [0.5, 0.6) is 0 Å². The summed E-state index contributed by atoms with van der Waals surface area (Å²) in [6, 6.07) is 5.56. The lowest BCUT2D eigenvalue weighted by Gasteiger charge is -2.11. The molecule has 0 atom stereocenters. The van der Waals surface area contributed by atoms with Gasteiger partial charge in [0, 0.05) is 5.56 Å². The van der Waals surface area contributed by atoms with E-state index in [0.717, 1.165) is 28.2 Å². The molecule has 1 aliphatic rings. The van der Waals surface area contributed by atoms with Gasteiger partial charge in [0.15, 0.2) is 5.69 Å². The first-order valence-corrected chi connectivity index (χ1v) is 7.60. The number of carboxylic acid groups (broad SMARTS) is 1. The summed E-state index contributed by atoms with van der Waals surface area (Å²) < 4.78 is 3.47. The number of aliphatic hydroxyl groups excluding tert-OH is 1. The molecule has 1 aliphatic heterocycles. The molecule has 3 aromatic rings. The Kier molecular flexibility index (Phi) is 3.20. The van der Waals surface area contributed by atoms with Crippen molar-refractivity contribution in [2.45, 2.75) is 26.5 Å². The van der Waals surface area contributed by atoms with Crippen LogP contribution in [0.1, 0.15) is 34.4 Å². The Labute approximate surface area is 137 Å². The van der Waals surface area contributed by atoms with Crippen LogP contribution in [0.3, 0.4) is 0 Å². The molecule has 4 rings (SSSR count). The van der Waals surface area contributed by atoms with Gasteiger partial charge in [-0.05, 0) is 24.1 Å². The quantitative estimate of drug-likeness (QED) is 0.587. The summed E-state index contributed by atoms with van der Waals surface area (Å²) in [5, 5.41) is 27.3. The van der Waals surface area contributed by atoms with E-state index in [0.29, 0.717) is 12.1 Å². The third kappa shape index (κ3) is 1.96. The molecule has 3 heterocycles. The van der Waals surface area contributed by atoms with Crippen molar-refractivity contribution < 1.29 is 15.0 Å². The number of carbonyl (C=O) groups is 1. The minimum absolute atomic E-state index is 0.00795. The molecular weight excluding hydrogens is 310 g/mol. The second kappa shape index (κ2) is 5.27. The van der Waals surface area contributed by atoms with Crippen molar-refractivity contribution in [3.63, 3.8) is 0 Å². The lowest BCUT2D eigenvalue weighted by molar-refractivity contribution is 0.0689. The molecule has 1 aromatic carbocycles. The van der Waals surface area contributed by atoms with Gasteiger partial charge in [0.2, 0.25) is 0 Å². The molecule has 0 unspecified atom stereocenters. The predicted molar refractivity (Wildman–Crippen MR) is 83.9 cm³/mol. The average Bonchev–Trinajstić information content (AvgIpc) is 3.16.